The molecule has 1 aromatic rings. The predicted octanol–water partition coefficient (Wildman–Crippen LogP) is 1.76. The van der Waals surface area contributed by atoms with E-state index in [1.165, 1.54) is 0 Å². The first-order valence-corrected chi connectivity index (χ1v) is 6.61. The lowest BCUT2D eigenvalue weighted by Gasteiger charge is -2.19. The summed E-state index contributed by atoms with van der Waals surface area (Å²) in [6.07, 6.45) is 1.12. The third-order valence-corrected chi connectivity index (χ3v) is 2.99. The van der Waals surface area contributed by atoms with Crippen molar-refractivity contribution >= 4 is 17.8 Å². The molecule has 1 heterocycles. The summed E-state index contributed by atoms with van der Waals surface area (Å²) in [6.45, 7) is 11.0. The second kappa shape index (κ2) is 6.98. The molecule has 0 saturated heterocycles. The van der Waals surface area contributed by atoms with Crippen molar-refractivity contribution in [2.75, 3.05) is 35.6 Å². The number of hydrogen-bond acceptors (Lipinski definition) is 6. The van der Waals surface area contributed by atoms with Gasteiger partial charge in [-0.15, -0.1) is 0 Å². The largest absolute Gasteiger partial charge is 0.368 e. The third-order valence-electron chi connectivity index (χ3n) is 2.99. The lowest BCUT2D eigenvalue weighted by molar-refractivity contribution is 0.591. The molecule has 18 heavy (non-hydrogen) atoms. The zero-order chi connectivity index (χ0) is 13.5. The summed E-state index contributed by atoms with van der Waals surface area (Å²) in [5.41, 5.74) is 5.72. The Labute approximate surface area is 109 Å². The van der Waals surface area contributed by atoms with Crippen LogP contribution in [0.4, 0.5) is 17.8 Å². The molecule has 1 rings (SSSR count). The van der Waals surface area contributed by atoms with Crippen molar-refractivity contribution in [2.45, 2.75) is 34.1 Å². The van der Waals surface area contributed by atoms with Crippen LogP contribution >= 0.6 is 0 Å². The van der Waals surface area contributed by atoms with Gasteiger partial charge in [-0.25, -0.2) is 0 Å². The Hall–Kier alpha value is -1.59. The summed E-state index contributed by atoms with van der Waals surface area (Å²) in [7, 11) is 0. The highest BCUT2D eigenvalue weighted by molar-refractivity contribution is 5.41. The number of aromatic nitrogens is 3. The van der Waals surface area contributed by atoms with Gasteiger partial charge in [-0.3, -0.25) is 0 Å². The summed E-state index contributed by atoms with van der Waals surface area (Å²) >= 11 is 0. The first-order chi connectivity index (χ1) is 8.60. The molecule has 0 bridgehead atoms. The summed E-state index contributed by atoms with van der Waals surface area (Å²) < 4.78 is 0. The molecular weight excluding hydrogens is 228 g/mol. The predicted molar refractivity (Wildman–Crippen MR) is 75.7 cm³/mol. The van der Waals surface area contributed by atoms with Gasteiger partial charge in [0.05, 0.1) is 0 Å². The van der Waals surface area contributed by atoms with Crippen molar-refractivity contribution in [3.05, 3.63) is 0 Å². The summed E-state index contributed by atoms with van der Waals surface area (Å²) in [6, 6.07) is 0. The van der Waals surface area contributed by atoms with Crippen molar-refractivity contribution in [1.29, 1.82) is 0 Å². The Morgan fingerprint density at radius 1 is 1.17 bits per heavy atom. The van der Waals surface area contributed by atoms with E-state index < -0.39 is 0 Å². The Morgan fingerprint density at radius 2 is 1.83 bits per heavy atom. The van der Waals surface area contributed by atoms with Gasteiger partial charge in [0.2, 0.25) is 17.8 Å². The van der Waals surface area contributed by atoms with Crippen LogP contribution in [0.2, 0.25) is 0 Å². The fourth-order valence-corrected chi connectivity index (χ4v) is 1.52. The molecular formula is C12H24N6. The van der Waals surface area contributed by atoms with Crippen molar-refractivity contribution in [3.8, 4) is 0 Å². The number of rotatable bonds is 7. The van der Waals surface area contributed by atoms with Gasteiger partial charge in [0.1, 0.15) is 0 Å². The number of nitrogens with one attached hydrogen (secondary N) is 1. The molecule has 0 aliphatic rings. The zero-order valence-corrected chi connectivity index (χ0v) is 11.8. The minimum atomic E-state index is 0.263. The maximum absolute atomic E-state index is 5.72. The lowest BCUT2D eigenvalue weighted by atomic mass is 10.1. The molecule has 0 aromatic carbocycles. The van der Waals surface area contributed by atoms with Crippen LogP contribution in [0.5, 0.6) is 0 Å². The van der Waals surface area contributed by atoms with Crippen LogP contribution in [-0.2, 0) is 0 Å². The van der Waals surface area contributed by atoms with Crippen LogP contribution < -0.4 is 16.0 Å². The molecule has 0 spiro atoms. The van der Waals surface area contributed by atoms with Gasteiger partial charge in [0.25, 0.3) is 0 Å². The molecule has 1 aromatic heterocycles. The Kier molecular flexibility index (Phi) is 5.61. The number of nitrogen functional groups attached to an aromatic ring is 1. The van der Waals surface area contributed by atoms with Crippen molar-refractivity contribution in [1.82, 2.24) is 15.0 Å². The van der Waals surface area contributed by atoms with Crippen LogP contribution in [0.1, 0.15) is 34.1 Å². The van der Waals surface area contributed by atoms with E-state index in [9.17, 15) is 0 Å². The fourth-order valence-electron chi connectivity index (χ4n) is 1.52. The van der Waals surface area contributed by atoms with E-state index >= 15 is 0 Å². The molecule has 0 radical (unpaired) electrons. The van der Waals surface area contributed by atoms with Gasteiger partial charge in [-0.2, -0.15) is 15.0 Å². The van der Waals surface area contributed by atoms with E-state index in [0.29, 0.717) is 17.8 Å². The van der Waals surface area contributed by atoms with Crippen molar-refractivity contribution in [3.63, 3.8) is 0 Å². The zero-order valence-electron chi connectivity index (χ0n) is 11.8. The van der Waals surface area contributed by atoms with Gasteiger partial charge in [-0.1, -0.05) is 20.3 Å². The van der Waals surface area contributed by atoms with Crippen LogP contribution in [0.3, 0.4) is 0 Å². The maximum atomic E-state index is 5.72. The standard InChI is InChI=1S/C12H24N6/c1-5-9(4)8-14-11-15-10(13)16-12(17-11)18(6-2)7-3/h9H,5-8H2,1-4H3,(H3,13,14,15,16,17). The van der Waals surface area contributed by atoms with E-state index in [1.807, 2.05) is 4.90 Å². The molecule has 6 heteroatoms. The highest BCUT2D eigenvalue weighted by Gasteiger charge is 2.09. The maximum Gasteiger partial charge on any atom is 0.231 e. The van der Waals surface area contributed by atoms with E-state index in [1.54, 1.807) is 0 Å². The van der Waals surface area contributed by atoms with Crippen LogP contribution in [0.25, 0.3) is 0 Å². The van der Waals surface area contributed by atoms with Gasteiger partial charge >= 0.3 is 0 Å². The van der Waals surface area contributed by atoms with E-state index in [2.05, 4.69) is 48.0 Å². The average Bonchev–Trinajstić information content (AvgIpc) is 2.37. The molecule has 0 amide bonds. The number of hydrogen-bond donors (Lipinski definition) is 2. The number of anilines is 3. The SMILES string of the molecule is CCC(C)CNc1nc(N)nc(N(CC)CC)n1. The molecule has 1 unspecified atom stereocenters. The second-order valence-electron chi connectivity index (χ2n) is 4.38. The van der Waals surface area contributed by atoms with Gasteiger partial charge in [0, 0.05) is 19.6 Å². The smallest absolute Gasteiger partial charge is 0.231 e. The topological polar surface area (TPSA) is 80.0 Å². The molecule has 3 N–H and O–H groups in total. The summed E-state index contributed by atoms with van der Waals surface area (Å²) in [5, 5.41) is 3.21. The van der Waals surface area contributed by atoms with Crippen molar-refractivity contribution in [2.24, 2.45) is 5.92 Å². The molecule has 0 aliphatic carbocycles. The van der Waals surface area contributed by atoms with E-state index in [4.69, 9.17) is 5.73 Å². The molecule has 0 fully saturated rings. The molecule has 6 nitrogen and oxygen atoms in total. The second-order valence-corrected chi connectivity index (χ2v) is 4.38. The molecule has 0 aliphatic heterocycles. The minimum Gasteiger partial charge on any atom is -0.368 e. The average molecular weight is 252 g/mol. The highest BCUT2D eigenvalue weighted by atomic mass is 15.3. The first-order valence-electron chi connectivity index (χ1n) is 6.61. The number of nitrogens with two attached hydrogens (primary N) is 1. The third kappa shape index (κ3) is 4.01. The van der Waals surface area contributed by atoms with E-state index in [-0.39, 0.29) is 5.95 Å². The Bertz CT molecular complexity index is 364. The first kappa shape index (κ1) is 14.5. The quantitative estimate of drug-likeness (QED) is 0.769. The minimum absolute atomic E-state index is 0.263. The number of nitrogens with zero attached hydrogens (tertiary/aromatic N) is 4. The highest BCUT2D eigenvalue weighted by Crippen LogP contribution is 2.12. The van der Waals surface area contributed by atoms with Crippen LogP contribution in [0.15, 0.2) is 0 Å². The Morgan fingerprint density at radius 3 is 2.39 bits per heavy atom. The Balaban J connectivity index is 2.80. The molecule has 1 atom stereocenters. The molecule has 0 saturated carbocycles. The van der Waals surface area contributed by atoms with E-state index in [0.717, 1.165) is 26.1 Å². The fraction of sp³-hybridized carbons (Fsp3) is 0.750. The lowest BCUT2D eigenvalue weighted by Crippen LogP contribution is -2.25. The monoisotopic (exact) mass is 252 g/mol. The normalized spacial score (nSPS) is 12.2. The van der Waals surface area contributed by atoms with Crippen molar-refractivity contribution < 1.29 is 0 Å². The van der Waals surface area contributed by atoms with Gasteiger partial charge in [0.15, 0.2) is 0 Å². The van der Waals surface area contributed by atoms with Crippen LogP contribution in [-0.4, -0.2) is 34.6 Å². The summed E-state index contributed by atoms with van der Waals surface area (Å²) in [5.74, 6) is 2.04. The van der Waals surface area contributed by atoms with Crippen LogP contribution in [0, 0.1) is 5.92 Å². The van der Waals surface area contributed by atoms with Gasteiger partial charge in [-0.05, 0) is 19.8 Å². The molecule has 102 valence electrons. The van der Waals surface area contributed by atoms with Gasteiger partial charge < -0.3 is 16.0 Å². The summed E-state index contributed by atoms with van der Waals surface area (Å²) in [4.78, 5) is 14.7.